The van der Waals surface area contributed by atoms with Crippen molar-refractivity contribution in [3.05, 3.63) is 71.4 Å². The molecule has 0 unspecified atom stereocenters. The van der Waals surface area contributed by atoms with E-state index < -0.39 is 0 Å². The van der Waals surface area contributed by atoms with Gasteiger partial charge in [0.25, 0.3) is 0 Å². The van der Waals surface area contributed by atoms with E-state index in [4.69, 9.17) is 16.0 Å². The first-order valence-electron chi connectivity index (χ1n) is 8.93. The predicted molar refractivity (Wildman–Crippen MR) is 114 cm³/mol. The summed E-state index contributed by atoms with van der Waals surface area (Å²) in [7, 11) is 0. The minimum atomic E-state index is 0.715. The third-order valence-electron chi connectivity index (χ3n) is 4.29. The van der Waals surface area contributed by atoms with E-state index in [0.29, 0.717) is 6.54 Å². The van der Waals surface area contributed by atoms with E-state index in [9.17, 15) is 0 Å². The first kappa shape index (κ1) is 18.0. The number of anilines is 1. The smallest absolute Gasteiger partial charge is 0.147 e. The molecule has 0 saturated heterocycles. The Hall–Kier alpha value is -2.34. The molecule has 0 saturated carbocycles. The number of rotatable bonds is 8. The average molecular weight is 398 g/mol. The number of aromatic nitrogens is 1. The molecule has 0 fully saturated rings. The van der Waals surface area contributed by atoms with Crippen LogP contribution in [0.5, 0.6) is 0 Å². The maximum absolute atomic E-state index is 5.93. The van der Waals surface area contributed by atoms with E-state index in [0.717, 1.165) is 47.4 Å². The highest BCUT2D eigenvalue weighted by atomic mass is 35.5. The second-order valence-electron chi connectivity index (χ2n) is 6.26. The van der Waals surface area contributed by atoms with Gasteiger partial charge < -0.3 is 15.1 Å². The molecule has 0 amide bonds. The lowest BCUT2D eigenvalue weighted by Crippen LogP contribution is -2.17. The first-order chi connectivity index (χ1) is 13.3. The average Bonchev–Trinajstić information content (AvgIpc) is 3.32. The molecule has 2 aromatic heterocycles. The van der Waals surface area contributed by atoms with Gasteiger partial charge in [-0.3, -0.25) is 0 Å². The van der Waals surface area contributed by atoms with Crippen LogP contribution in [0.1, 0.15) is 12.2 Å². The first-order valence-corrected chi connectivity index (χ1v) is 10.1. The van der Waals surface area contributed by atoms with Crippen molar-refractivity contribution in [3.63, 3.8) is 0 Å². The molecule has 2 aromatic carbocycles. The van der Waals surface area contributed by atoms with Crippen molar-refractivity contribution in [1.82, 2.24) is 9.69 Å². The van der Waals surface area contributed by atoms with Crippen LogP contribution in [-0.2, 0) is 6.54 Å². The highest BCUT2D eigenvalue weighted by Crippen LogP contribution is 2.26. The van der Waals surface area contributed by atoms with Gasteiger partial charge in [0, 0.05) is 22.5 Å². The van der Waals surface area contributed by atoms with Gasteiger partial charge in [-0.05, 0) is 73.0 Å². The minimum absolute atomic E-state index is 0.715. The zero-order valence-corrected chi connectivity index (χ0v) is 16.3. The number of benzene rings is 2. The summed E-state index contributed by atoms with van der Waals surface area (Å²) in [6.45, 7) is 2.51. The largest absolute Gasteiger partial charge is 0.460 e. The van der Waals surface area contributed by atoms with Crippen LogP contribution in [0.3, 0.4) is 0 Å². The van der Waals surface area contributed by atoms with Crippen molar-refractivity contribution in [2.24, 2.45) is 0 Å². The van der Waals surface area contributed by atoms with E-state index >= 15 is 0 Å². The molecular weight excluding hydrogens is 378 g/mol. The van der Waals surface area contributed by atoms with Crippen LogP contribution in [0.25, 0.3) is 21.4 Å². The fourth-order valence-corrected chi connectivity index (χ4v) is 3.77. The van der Waals surface area contributed by atoms with E-state index in [1.54, 1.807) is 0 Å². The number of halogens is 1. The van der Waals surface area contributed by atoms with Crippen LogP contribution in [0.2, 0.25) is 5.02 Å². The minimum Gasteiger partial charge on any atom is -0.460 e. The highest BCUT2D eigenvalue weighted by Gasteiger charge is 2.05. The maximum Gasteiger partial charge on any atom is 0.147 e. The van der Waals surface area contributed by atoms with Gasteiger partial charge in [0.15, 0.2) is 0 Å². The van der Waals surface area contributed by atoms with Crippen molar-refractivity contribution >= 4 is 39.0 Å². The van der Waals surface area contributed by atoms with Gasteiger partial charge in [-0.15, -0.1) is 0 Å². The summed E-state index contributed by atoms with van der Waals surface area (Å²) in [6, 6.07) is 20.0. The molecule has 0 aliphatic carbocycles. The molecular formula is C21H20ClN3OS. The maximum atomic E-state index is 5.93. The third kappa shape index (κ3) is 4.50. The van der Waals surface area contributed by atoms with Crippen molar-refractivity contribution in [2.75, 3.05) is 18.4 Å². The topological polar surface area (TPSA) is 50.1 Å². The molecule has 4 rings (SSSR count). The van der Waals surface area contributed by atoms with Gasteiger partial charge in [-0.25, -0.2) is 0 Å². The molecule has 0 aliphatic rings. The van der Waals surface area contributed by atoms with Crippen LogP contribution in [-0.4, -0.2) is 17.5 Å². The summed E-state index contributed by atoms with van der Waals surface area (Å²) in [5.74, 6) is 2.77. The van der Waals surface area contributed by atoms with Crippen molar-refractivity contribution in [3.8, 4) is 11.3 Å². The van der Waals surface area contributed by atoms with Crippen LogP contribution in [0.4, 0.5) is 5.82 Å². The summed E-state index contributed by atoms with van der Waals surface area (Å²) in [4.78, 5) is 0. The van der Waals surface area contributed by atoms with Crippen LogP contribution < -0.4 is 10.6 Å². The number of fused-ring (bicyclic) bond motifs is 1. The van der Waals surface area contributed by atoms with Gasteiger partial charge in [0.1, 0.15) is 17.3 Å². The number of nitrogens with zero attached hydrogens (tertiary/aromatic N) is 1. The third-order valence-corrected chi connectivity index (χ3v) is 5.37. The predicted octanol–water partition coefficient (Wildman–Crippen LogP) is 5.80. The van der Waals surface area contributed by atoms with Gasteiger partial charge in [-0.1, -0.05) is 23.7 Å². The Kier molecular flexibility index (Phi) is 5.72. The highest BCUT2D eigenvalue weighted by molar-refractivity contribution is 7.13. The fourth-order valence-electron chi connectivity index (χ4n) is 2.89. The number of hydrogen-bond acceptors (Lipinski definition) is 5. The van der Waals surface area contributed by atoms with E-state index in [1.807, 2.05) is 48.5 Å². The zero-order chi connectivity index (χ0) is 18.5. The molecule has 0 spiro atoms. The lowest BCUT2D eigenvalue weighted by molar-refractivity contribution is 0.492. The molecule has 4 aromatic rings. The normalized spacial score (nSPS) is 11.1. The zero-order valence-electron chi connectivity index (χ0n) is 14.7. The summed E-state index contributed by atoms with van der Waals surface area (Å²) < 4.78 is 11.6. The number of hydrogen-bond donors (Lipinski definition) is 2. The Morgan fingerprint density at radius 3 is 2.70 bits per heavy atom. The van der Waals surface area contributed by atoms with Crippen LogP contribution >= 0.6 is 23.1 Å². The second-order valence-corrected chi connectivity index (χ2v) is 7.50. The molecule has 138 valence electrons. The van der Waals surface area contributed by atoms with Gasteiger partial charge in [0.2, 0.25) is 0 Å². The van der Waals surface area contributed by atoms with E-state index in [2.05, 4.69) is 27.1 Å². The van der Waals surface area contributed by atoms with Gasteiger partial charge >= 0.3 is 0 Å². The van der Waals surface area contributed by atoms with Crippen LogP contribution in [0, 0.1) is 0 Å². The molecule has 27 heavy (non-hydrogen) atoms. The van der Waals surface area contributed by atoms with Crippen molar-refractivity contribution in [2.45, 2.75) is 13.0 Å². The number of furan rings is 1. The molecule has 2 heterocycles. The summed E-state index contributed by atoms with van der Waals surface area (Å²) in [6.07, 6.45) is 1.01. The molecule has 0 bridgehead atoms. The molecule has 0 aliphatic heterocycles. The van der Waals surface area contributed by atoms with Crippen molar-refractivity contribution < 1.29 is 4.42 Å². The Balaban J connectivity index is 1.20. The van der Waals surface area contributed by atoms with E-state index in [-0.39, 0.29) is 0 Å². The Morgan fingerprint density at radius 1 is 0.963 bits per heavy atom. The molecule has 2 N–H and O–H groups in total. The SMILES string of the molecule is Clc1ccc(-c2ccc(CNCCCNc3nsc4ccccc34)o2)cc1. The second kappa shape index (κ2) is 8.57. The monoisotopic (exact) mass is 397 g/mol. The Labute approximate surface area is 167 Å². The quantitative estimate of drug-likeness (QED) is 0.369. The Bertz CT molecular complexity index is 1010. The molecule has 0 radical (unpaired) electrons. The summed E-state index contributed by atoms with van der Waals surface area (Å²) in [5, 5.41) is 8.77. The van der Waals surface area contributed by atoms with Gasteiger partial charge in [0.05, 0.1) is 11.2 Å². The standard InChI is InChI=1S/C21H20ClN3OS/c22-16-8-6-15(7-9-16)19-11-10-17(26-19)14-23-12-3-13-24-21-18-4-1-2-5-20(18)27-25-21/h1-2,4-11,23H,3,12-14H2,(H,24,25). The van der Waals surface area contributed by atoms with Gasteiger partial charge in [-0.2, -0.15) is 4.37 Å². The number of nitrogens with one attached hydrogen (secondary N) is 2. The fraction of sp³-hybridized carbons (Fsp3) is 0.190. The lowest BCUT2D eigenvalue weighted by atomic mass is 10.2. The van der Waals surface area contributed by atoms with E-state index in [1.165, 1.54) is 21.6 Å². The van der Waals surface area contributed by atoms with Crippen molar-refractivity contribution in [1.29, 1.82) is 0 Å². The summed E-state index contributed by atoms with van der Waals surface area (Å²) in [5.41, 5.74) is 1.03. The summed E-state index contributed by atoms with van der Waals surface area (Å²) >= 11 is 7.46. The molecule has 4 nitrogen and oxygen atoms in total. The molecule has 0 atom stereocenters. The van der Waals surface area contributed by atoms with Crippen LogP contribution in [0.15, 0.2) is 65.1 Å². The molecule has 6 heteroatoms. The lowest BCUT2D eigenvalue weighted by Gasteiger charge is -2.05. The Morgan fingerprint density at radius 2 is 1.81 bits per heavy atom.